The Morgan fingerprint density at radius 1 is 1.35 bits per heavy atom. The van der Waals surface area contributed by atoms with Crippen molar-refractivity contribution in [1.82, 2.24) is 9.47 Å². The Morgan fingerprint density at radius 2 is 2.18 bits per heavy atom. The molecule has 1 aromatic heterocycles. The number of likely N-dealkylation sites (N-methyl/N-ethyl adjacent to an activating group) is 1. The fraction of sp³-hybridized carbons (Fsp3) is 0.333. The Bertz CT molecular complexity index is 566. The molecule has 17 heavy (non-hydrogen) atoms. The molecule has 0 amide bonds. The van der Waals surface area contributed by atoms with E-state index in [1.807, 2.05) is 6.08 Å². The fourth-order valence-corrected chi connectivity index (χ4v) is 2.87. The largest absolute Gasteiger partial charge is 0.340 e. The molecule has 88 valence electrons. The summed E-state index contributed by atoms with van der Waals surface area (Å²) in [5.41, 5.74) is 4.37. The van der Waals surface area contributed by atoms with Gasteiger partial charge in [0.1, 0.15) is 0 Å². The molecule has 0 fully saturated rings. The summed E-state index contributed by atoms with van der Waals surface area (Å²) in [5, 5.41) is 1.41. The molecule has 1 aliphatic rings. The predicted octanol–water partition coefficient (Wildman–Crippen LogP) is 2.82. The van der Waals surface area contributed by atoms with Gasteiger partial charge in [-0.2, -0.15) is 0 Å². The second-order valence-electron chi connectivity index (χ2n) is 4.83. The van der Waals surface area contributed by atoms with Crippen LogP contribution in [-0.2, 0) is 19.5 Å². The second kappa shape index (κ2) is 4.04. The van der Waals surface area contributed by atoms with E-state index in [4.69, 9.17) is 0 Å². The highest BCUT2D eigenvalue weighted by molar-refractivity contribution is 5.85. The molecule has 1 aliphatic heterocycles. The quantitative estimate of drug-likeness (QED) is 0.715. The zero-order valence-electron chi connectivity index (χ0n) is 10.3. The molecular weight excluding hydrogens is 208 g/mol. The fourth-order valence-electron chi connectivity index (χ4n) is 2.87. The molecule has 1 aromatic carbocycles. The molecule has 3 rings (SSSR count). The lowest BCUT2D eigenvalue weighted by Gasteiger charge is -2.24. The van der Waals surface area contributed by atoms with Gasteiger partial charge in [-0.1, -0.05) is 24.3 Å². The van der Waals surface area contributed by atoms with Crippen LogP contribution < -0.4 is 0 Å². The molecular formula is C15H18N2. The van der Waals surface area contributed by atoms with E-state index in [0.29, 0.717) is 0 Å². The zero-order valence-corrected chi connectivity index (χ0v) is 10.3. The highest BCUT2D eigenvalue weighted by atomic mass is 15.1. The van der Waals surface area contributed by atoms with Gasteiger partial charge in [0.2, 0.25) is 0 Å². The first-order chi connectivity index (χ1) is 8.31. The number of aromatic nitrogens is 1. The minimum absolute atomic E-state index is 0.916. The van der Waals surface area contributed by atoms with Gasteiger partial charge in [-0.05, 0) is 18.7 Å². The van der Waals surface area contributed by atoms with Crippen molar-refractivity contribution in [2.75, 3.05) is 13.6 Å². The first-order valence-electron chi connectivity index (χ1n) is 6.19. The van der Waals surface area contributed by atoms with Gasteiger partial charge in [0.05, 0.1) is 0 Å². The molecule has 0 bridgehead atoms. The molecule has 0 saturated carbocycles. The number of benzene rings is 1. The van der Waals surface area contributed by atoms with E-state index in [-0.39, 0.29) is 0 Å². The summed E-state index contributed by atoms with van der Waals surface area (Å²) in [6.07, 6.45) is 3.14. The molecule has 2 heteroatoms. The normalized spacial score (nSPS) is 16.1. The van der Waals surface area contributed by atoms with Gasteiger partial charge in [0, 0.05) is 42.7 Å². The van der Waals surface area contributed by atoms with Crippen molar-refractivity contribution in [1.29, 1.82) is 0 Å². The summed E-state index contributed by atoms with van der Waals surface area (Å²) in [4.78, 5) is 2.40. The van der Waals surface area contributed by atoms with Crippen molar-refractivity contribution in [2.45, 2.75) is 19.5 Å². The first kappa shape index (κ1) is 10.6. The highest BCUT2D eigenvalue weighted by Gasteiger charge is 2.21. The number of hydrogen-bond acceptors (Lipinski definition) is 1. The van der Waals surface area contributed by atoms with Crippen molar-refractivity contribution in [3.63, 3.8) is 0 Å². The second-order valence-corrected chi connectivity index (χ2v) is 4.83. The molecule has 0 unspecified atom stereocenters. The summed E-state index contributed by atoms with van der Waals surface area (Å²) in [6, 6.07) is 8.72. The van der Waals surface area contributed by atoms with Gasteiger partial charge in [-0.15, -0.1) is 6.58 Å². The lowest BCUT2D eigenvalue weighted by atomic mass is 10.1. The van der Waals surface area contributed by atoms with Crippen LogP contribution >= 0.6 is 0 Å². The predicted molar refractivity (Wildman–Crippen MR) is 72.2 cm³/mol. The molecule has 0 spiro atoms. The molecule has 0 aliphatic carbocycles. The van der Waals surface area contributed by atoms with Crippen molar-refractivity contribution in [2.24, 2.45) is 0 Å². The maximum absolute atomic E-state index is 3.87. The third-order valence-corrected chi connectivity index (χ3v) is 3.66. The average Bonchev–Trinajstić information content (AvgIpc) is 2.65. The number of allylic oxidation sites excluding steroid dienone is 1. The Hall–Kier alpha value is -1.54. The van der Waals surface area contributed by atoms with Crippen molar-refractivity contribution < 1.29 is 0 Å². The lowest BCUT2D eigenvalue weighted by molar-refractivity contribution is 0.310. The van der Waals surface area contributed by atoms with Crippen molar-refractivity contribution in [3.8, 4) is 0 Å². The lowest BCUT2D eigenvalue weighted by Crippen LogP contribution is -2.27. The number of nitrogens with zero attached hydrogens (tertiary/aromatic N) is 2. The maximum Gasteiger partial charge on any atom is 0.0488 e. The summed E-state index contributed by atoms with van der Waals surface area (Å²) in [7, 11) is 2.20. The van der Waals surface area contributed by atoms with E-state index in [2.05, 4.69) is 47.4 Å². The van der Waals surface area contributed by atoms with Crippen LogP contribution in [-0.4, -0.2) is 23.1 Å². The van der Waals surface area contributed by atoms with Gasteiger partial charge in [0.15, 0.2) is 0 Å². The number of para-hydroxylation sites is 1. The van der Waals surface area contributed by atoms with Gasteiger partial charge in [-0.25, -0.2) is 0 Å². The molecule has 2 nitrogen and oxygen atoms in total. The Morgan fingerprint density at radius 3 is 3.00 bits per heavy atom. The van der Waals surface area contributed by atoms with Gasteiger partial charge >= 0.3 is 0 Å². The minimum atomic E-state index is 0.916. The molecule has 0 N–H and O–H groups in total. The molecule has 0 saturated heterocycles. The van der Waals surface area contributed by atoms with Crippen molar-refractivity contribution in [3.05, 3.63) is 48.2 Å². The van der Waals surface area contributed by atoms with E-state index < -0.39 is 0 Å². The highest BCUT2D eigenvalue weighted by Crippen LogP contribution is 2.30. The van der Waals surface area contributed by atoms with Crippen LogP contribution in [0.2, 0.25) is 0 Å². The van der Waals surface area contributed by atoms with Crippen LogP contribution in [0.5, 0.6) is 0 Å². The van der Waals surface area contributed by atoms with Gasteiger partial charge in [0.25, 0.3) is 0 Å². The number of fused-ring (bicyclic) bond motifs is 3. The Labute approximate surface area is 102 Å². The zero-order chi connectivity index (χ0) is 11.8. The first-order valence-corrected chi connectivity index (χ1v) is 6.19. The average molecular weight is 226 g/mol. The van der Waals surface area contributed by atoms with Gasteiger partial charge < -0.3 is 9.47 Å². The monoisotopic (exact) mass is 226 g/mol. The van der Waals surface area contributed by atoms with Crippen LogP contribution in [0.25, 0.3) is 10.9 Å². The van der Waals surface area contributed by atoms with Gasteiger partial charge in [-0.3, -0.25) is 0 Å². The Balaban J connectivity index is 2.28. The van der Waals surface area contributed by atoms with E-state index >= 15 is 0 Å². The maximum atomic E-state index is 3.87. The number of rotatable bonds is 2. The molecule has 0 atom stereocenters. The summed E-state index contributed by atoms with van der Waals surface area (Å²) in [6.45, 7) is 7.01. The van der Waals surface area contributed by atoms with Crippen LogP contribution in [0, 0.1) is 0 Å². The topological polar surface area (TPSA) is 8.17 Å². The summed E-state index contributed by atoms with van der Waals surface area (Å²) >= 11 is 0. The molecule has 0 radical (unpaired) electrons. The van der Waals surface area contributed by atoms with Crippen LogP contribution in [0.15, 0.2) is 36.9 Å². The van der Waals surface area contributed by atoms with Crippen molar-refractivity contribution >= 4 is 10.9 Å². The summed E-state index contributed by atoms with van der Waals surface area (Å²) < 4.78 is 2.42. The van der Waals surface area contributed by atoms with Crippen LogP contribution in [0.3, 0.4) is 0 Å². The van der Waals surface area contributed by atoms with E-state index in [9.17, 15) is 0 Å². The number of hydrogen-bond donors (Lipinski definition) is 0. The molecule has 2 aromatic rings. The van der Waals surface area contributed by atoms with Crippen LogP contribution in [0.4, 0.5) is 0 Å². The summed E-state index contributed by atoms with van der Waals surface area (Å²) in [5.74, 6) is 0. The standard InChI is InChI=1S/C15H18N2/c1-3-9-17-14-7-5-4-6-12(14)13-11-16(2)10-8-15(13)17/h3-7H,1,8-11H2,2H3. The third-order valence-electron chi connectivity index (χ3n) is 3.66. The molecule has 2 heterocycles. The third kappa shape index (κ3) is 1.60. The Kier molecular flexibility index (Phi) is 2.52. The smallest absolute Gasteiger partial charge is 0.0488 e. The van der Waals surface area contributed by atoms with E-state index in [0.717, 1.165) is 26.1 Å². The van der Waals surface area contributed by atoms with Crippen LogP contribution in [0.1, 0.15) is 11.3 Å². The minimum Gasteiger partial charge on any atom is -0.340 e. The van der Waals surface area contributed by atoms with E-state index in [1.54, 1.807) is 0 Å². The SMILES string of the molecule is C=CCn1c2c(c3ccccc31)CN(C)CC2. The van der Waals surface area contributed by atoms with E-state index in [1.165, 1.54) is 22.2 Å².